The van der Waals surface area contributed by atoms with Crippen molar-refractivity contribution in [2.24, 2.45) is 0 Å². The Balaban J connectivity index is 0.962. The number of nitrogens with zero attached hydrogens (tertiary/aromatic N) is 3. The molecule has 3 aromatic heterocycles. The summed E-state index contributed by atoms with van der Waals surface area (Å²) in [5.41, 5.74) is 21.7. The number of pyridine rings is 1. The van der Waals surface area contributed by atoms with Gasteiger partial charge in [0.15, 0.2) is 0 Å². The van der Waals surface area contributed by atoms with Crippen molar-refractivity contribution < 1.29 is 0 Å². The highest BCUT2D eigenvalue weighted by atomic mass is 15.1. The molecule has 0 aliphatic heterocycles. The van der Waals surface area contributed by atoms with Gasteiger partial charge in [0.1, 0.15) is 5.82 Å². The topological polar surface area (TPSA) is 22.8 Å². The molecule has 3 heteroatoms. The molecule has 0 fully saturated rings. The zero-order valence-corrected chi connectivity index (χ0v) is 40.5. The summed E-state index contributed by atoms with van der Waals surface area (Å²) in [5, 5.41) is 4.78. The summed E-state index contributed by atoms with van der Waals surface area (Å²) in [6.07, 6.45) is 0. The van der Waals surface area contributed by atoms with Gasteiger partial charge in [-0.2, -0.15) is 0 Å². The highest BCUT2D eigenvalue weighted by Gasteiger charge is 2.20. The molecule has 3 heterocycles. The van der Waals surface area contributed by atoms with E-state index in [1.165, 1.54) is 77.1 Å². The second-order valence-corrected chi connectivity index (χ2v) is 19.2. The van der Waals surface area contributed by atoms with Crippen molar-refractivity contribution in [3.8, 4) is 89.5 Å². The second-order valence-electron chi connectivity index (χ2n) is 19.2. The van der Waals surface area contributed by atoms with Crippen molar-refractivity contribution in [1.29, 1.82) is 0 Å². The minimum atomic E-state index is 0.862. The first-order valence-corrected chi connectivity index (χ1v) is 25.3. The molecule has 0 spiro atoms. The molecule has 0 atom stereocenters. The van der Waals surface area contributed by atoms with E-state index in [0.717, 1.165) is 56.0 Å². The van der Waals surface area contributed by atoms with E-state index < -0.39 is 0 Å². The van der Waals surface area contributed by atoms with E-state index in [0.29, 0.717) is 0 Å². The Hall–Kier alpha value is -9.83. The first kappa shape index (κ1) is 43.0. The largest absolute Gasteiger partial charge is 0.309 e. The second kappa shape index (κ2) is 18.1. The highest BCUT2D eigenvalue weighted by Crippen LogP contribution is 2.41. The summed E-state index contributed by atoms with van der Waals surface area (Å²) in [5.74, 6) is 0.862. The molecule has 0 saturated heterocycles. The summed E-state index contributed by atoms with van der Waals surface area (Å²) < 4.78 is 4.77. The van der Waals surface area contributed by atoms with E-state index in [2.05, 4.69) is 294 Å². The SMILES string of the molecule is c1ccc(-c2ccc(-c3cc(-c4ccc(-c5ccccc5)cc4)nc(-n4c5ccc(-c6ccccc6)cc5c5cc(-c6ccc7c(c6)c6cc(-c8ccccc8)ccc6n7-c6ccccc6)ccc54)c3)cc2)cc1. The molecule has 0 radical (unpaired) electrons. The van der Waals surface area contributed by atoms with Crippen LogP contribution in [0.25, 0.3) is 133 Å². The van der Waals surface area contributed by atoms with Crippen LogP contribution < -0.4 is 0 Å². The van der Waals surface area contributed by atoms with Crippen LogP contribution in [0, 0.1) is 0 Å². The molecular formula is C71H47N3. The molecule has 346 valence electrons. The van der Waals surface area contributed by atoms with E-state index in [9.17, 15) is 0 Å². The van der Waals surface area contributed by atoms with Crippen LogP contribution in [0.4, 0.5) is 0 Å². The first-order valence-electron chi connectivity index (χ1n) is 25.3. The Morgan fingerprint density at radius 2 is 0.486 bits per heavy atom. The fraction of sp³-hybridized carbons (Fsp3) is 0. The summed E-state index contributed by atoms with van der Waals surface area (Å²) >= 11 is 0. The molecule has 0 unspecified atom stereocenters. The maximum atomic E-state index is 5.58. The molecule has 3 nitrogen and oxygen atoms in total. The van der Waals surface area contributed by atoms with Gasteiger partial charge in [-0.15, -0.1) is 0 Å². The lowest BCUT2D eigenvalue weighted by Crippen LogP contribution is -2.00. The molecule has 0 aliphatic carbocycles. The summed E-state index contributed by atoms with van der Waals surface area (Å²) in [7, 11) is 0. The number of para-hydroxylation sites is 1. The molecule has 0 aliphatic rings. The van der Waals surface area contributed by atoms with Gasteiger partial charge in [-0.25, -0.2) is 4.98 Å². The van der Waals surface area contributed by atoms with Crippen LogP contribution in [-0.4, -0.2) is 14.1 Å². The van der Waals surface area contributed by atoms with Gasteiger partial charge in [-0.1, -0.05) is 212 Å². The fourth-order valence-electron chi connectivity index (χ4n) is 11.0. The number of fused-ring (bicyclic) bond motifs is 6. The van der Waals surface area contributed by atoms with Crippen LogP contribution in [0.5, 0.6) is 0 Å². The van der Waals surface area contributed by atoms with Gasteiger partial charge < -0.3 is 4.57 Å². The van der Waals surface area contributed by atoms with Crippen LogP contribution >= 0.6 is 0 Å². The molecule has 11 aromatic carbocycles. The number of rotatable bonds is 9. The van der Waals surface area contributed by atoms with E-state index in [1.54, 1.807) is 0 Å². The minimum Gasteiger partial charge on any atom is -0.309 e. The van der Waals surface area contributed by atoms with Crippen LogP contribution in [0.15, 0.2) is 285 Å². The van der Waals surface area contributed by atoms with Gasteiger partial charge in [0.25, 0.3) is 0 Å². The van der Waals surface area contributed by atoms with Crippen LogP contribution in [0.3, 0.4) is 0 Å². The maximum Gasteiger partial charge on any atom is 0.138 e. The van der Waals surface area contributed by atoms with Crippen molar-refractivity contribution in [2.75, 3.05) is 0 Å². The van der Waals surface area contributed by atoms with Crippen LogP contribution in [-0.2, 0) is 0 Å². The standard InChI is InChI=1S/C71H47N3/c1-6-16-48(17-7-1)52-26-28-54(29-27-52)60-46-66(55-32-30-53(31-33-55)49-18-8-2-9-19-49)72-71(47-60)74-69-40-35-57(51-22-12-4-13-23-51)43-64(69)65-45-59(37-41-70(65)74)58-36-39-68-63(44-58)62-42-56(50-20-10-3-11-21-50)34-38-67(62)73(68)61-24-14-5-15-25-61/h1-47H. The summed E-state index contributed by atoms with van der Waals surface area (Å²) in [6, 6.07) is 103. The average Bonchev–Trinajstić information content (AvgIpc) is 4.00. The quantitative estimate of drug-likeness (QED) is 0.141. The lowest BCUT2D eigenvalue weighted by molar-refractivity contribution is 1.08. The molecule has 14 rings (SSSR count). The first-order chi connectivity index (χ1) is 36.7. The van der Waals surface area contributed by atoms with Crippen molar-refractivity contribution in [2.45, 2.75) is 0 Å². The van der Waals surface area contributed by atoms with Gasteiger partial charge in [-0.3, -0.25) is 4.57 Å². The molecule has 74 heavy (non-hydrogen) atoms. The van der Waals surface area contributed by atoms with E-state index >= 15 is 0 Å². The Labute approximate surface area is 430 Å². The maximum absolute atomic E-state index is 5.58. The van der Waals surface area contributed by atoms with Gasteiger partial charge in [0.05, 0.1) is 27.8 Å². The van der Waals surface area contributed by atoms with Crippen LogP contribution in [0.1, 0.15) is 0 Å². The fourth-order valence-corrected chi connectivity index (χ4v) is 11.0. The Morgan fingerprint density at radius 1 is 0.203 bits per heavy atom. The lowest BCUT2D eigenvalue weighted by Gasteiger charge is -2.14. The molecular weight excluding hydrogens is 895 g/mol. The monoisotopic (exact) mass is 941 g/mol. The van der Waals surface area contributed by atoms with E-state index in [1.807, 2.05) is 0 Å². The third kappa shape index (κ3) is 7.67. The van der Waals surface area contributed by atoms with Crippen molar-refractivity contribution in [1.82, 2.24) is 14.1 Å². The number of hydrogen-bond acceptors (Lipinski definition) is 1. The molecule has 0 N–H and O–H groups in total. The number of aromatic nitrogens is 3. The number of hydrogen-bond donors (Lipinski definition) is 0. The summed E-state index contributed by atoms with van der Waals surface area (Å²) in [6.45, 7) is 0. The van der Waals surface area contributed by atoms with Crippen molar-refractivity contribution in [3.63, 3.8) is 0 Å². The Morgan fingerprint density at radius 3 is 0.878 bits per heavy atom. The summed E-state index contributed by atoms with van der Waals surface area (Å²) in [4.78, 5) is 5.58. The number of benzene rings is 11. The molecule has 0 amide bonds. The molecule has 0 saturated carbocycles. The Bertz CT molecular complexity index is 4250. The Kier molecular flexibility index (Phi) is 10.5. The van der Waals surface area contributed by atoms with Gasteiger partial charge in [0.2, 0.25) is 0 Å². The smallest absolute Gasteiger partial charge is 0.138 e. The van der Waals surface area contributed by atoms with E-state index in [4.69, 9.17) is 4.98 Å². The van der Waals surface area contributed by atoms with Crippen molar-refractivity contribution in [3.05, 3.63) is 285 Å². The third-order valence-electron chi connectivity index (χ3n) is 14.7. The third-order valence-corrected chi connectivity index (χ3v) is 14.7. The zero-order valence-electron chi connectivity index (χ0n) is 40.5. The normalized spacial score (nSPS) is 11.5. The minimum absolute atomic E-state index is 0.862. The van der Waals surface area contributed by atoms with Crippen LogP contribution in [0.2, 0.25) is 0 Å². The average molecular weight is 942 g/mol. The van der Waals surface area contributed by atoms with Gasteiger partial charge in [0, 0.05) is 32.8 Å². The molecule has 14 aromatic rings. The predicted molar refractivity (Wildman–Crippen MR) is 311 cm³/mol. The predicted octanol–water partition coefficient (Wildman–Crippen LogP) is 18.9. The highest BCUT2D eigenvalue weighted by molar-refractivity contribution is 6.14. The van der Waals surface area contributed by atoms with Gasteiger partial charge in [-0.05, 0) is 140 Å². The molecule has 0 bridgehead atoms. The van der Waals surface area contributed by atoms with Gasteiger partial charge >= 0.3 is 0 Å². The lowest BCUT2D eigenvalue weighted by atomic mass is 9.98. The zero-order chi connectivity index (χ0) is 49.0. The van der Waals surface area contributed by atoms with E-state index in [-0.39, 0.29) is 0 Å². The van der Waals surface area contributed by atoms with Crippen molar-refractivity contribution >= 4 is 43.6 Å².